The van der Waals surface area contributed by atoms with Gasteiger partial charge in [-0.1, -0.05) is 0 Å². The van der Waals surface area contributed by atoms with E-state index in [0.29, 0.717) is 6.54 Å². The molecule has 0 spiro atoms. The van der Waals surface area contributed by atoms with E-state index >= 15 is 0 Å². The fraction of sp³-hybridized carbons (Fsp3) is 1.00. The van der Waals surface area contributed by atoms with Crippen LogP contribution < -0.4 is 4.72 Å². The molecule has 0 aliphatic heterocycles. The lowest BCUT2D eigenvalue weighted by atomic mass is 9.80. The third-order valence-electron chi connectivity index (χ3n) is 3.08. The highest BCUT2D eigenvalue weighted by Gasteiger charge is 2.38. The van der Waals surface area contributed by atoms with E-state index in [-0.39, 0.29) is 12.2 Å². The quantitative estimate of drug-likeness (QED) is 0.674. The van der Waals surface area contributed by atoms with Crippen molar-refractivity contribution in [3.8, 4) is 0 Å². The summed E-state index contributed by atoms with van der Waals surface area (Å²) in [5, 5.41) is 8.01. The Bertz CT molecular complexity index is 292. The Balaban J connectivity index is 2.49. The molecule has 1 atom stereocenters. The van der Waals surface area contributed by atoms with Crippen molar-refractivity contribution in [2.24, 2.45) is 0 Å². The number of methoxy groups -OCH3 is 1. The molecular weight excluding hydrogens is 218 g/mol. The monoisotopic (exact) mass is 237 g/mol. The average molecular weight is 237 g/mol. The van der Waals surface area contributed by atoms with Crippen molar-refractivity contribution in [1.82, 2.24) is 4.72 Å². The first-order valence-corrected chi connectivity index (χ1v) is 6.65. The molecule has 1 saturated carbocycles. The molecule has 1 fully saturated rings. The summed E-state index contributed by atoms with van der Waals surface area (Å²) in [5.41, 5.74) is -0.317. The van der Waals surface area contributed by atoms with Crippen molar-refractivity contribution in [3.05, 3.63) is 0 Å². The van der Waals surface area contributed by atoms with Gasteiger partial charge in [0.1, 0.15) is 0 Å². The van der Waals surface area contributed by atoms with Crippen LogP contribution in [-0.2, 0) is 14.8 Å². The van der Waals surface area contributed by atoms with Crippen molar-refractivity contribution in [1.29, 1.82) is 0 Å². The van der Waals surface area contributed by atoms with Gasteiger partial charge in [-0.2, -0.15) is 0 Å². The highest BCUT2D eigenvalue weighted by atomic mass is 32.2. The molecule has 1 rings (SSSR count). The van der Waals surface area contributed by atoms with Crippen LogP contribution in [0.4, 0.5) is 0 Å². The molecule has 0 radical (unpaired) electrons. The maximum atomic E-state index is 11.5. The third kappa shape index (κ3) is 2.90. The summed E-state index contributed by atoms with van der Waals surface area (Å²) in [7, 11) is -1.81. The number of hydrogen-bond acceptors (Lipinski definition) is 4. The first kappa shape index (κ1) is 12.9. The molecule has 1 aliphatic rings. The lowest BCUT2D eigenvalue weighted by Gasteiger charge is -2.40. The number of ether oxygens (including phenoxy) is 1. The lowest BCUT2D eigenvalue weighted by molar-refractivity contribution is -0.0659. The van der Waals surface area contributed by atoms with Gasteiger partial charge in [0.25, 0.3) is 0 Å². The molecule has 2 N–H and O–H groups in total. The molecule has 15 heavy (non-hydrogen) atoms. The van der Waals surface area contributed by atoms with Crippen LogP contribution in [0.3, 0.4) is 0 Å². The fourth-order valence-corrected chi connectivity index (χ4v) is 2.44. The average Bonchev–Trinajstić information content (AvgIpc) is 2.15. The predicted octanol–water partition coefficient (Wildman–Crippen LogP) is -0.144. The Kier molecular flexibility index (Phi) is 4.11. The molecule has 0 bridgehead atoms. The summed E-state index contributed by atoms with van der Waals surface area (Å²) >= 11 is 0. The minimum absolute atomic E-state index is 0.302. The smallest absolute Gasteiger partial charge is 0.216 e. The first-order chi connectivity index (χ1) is 6.96. The Morgan fingerprint density at radius 3 is 2.47 bits per heavy atom. The Morgan fingerprint density at radius 1 is 1.53 bits per heavy atom. The standard InChI is InChI=1S/C9H19NO4S/c1-8(6-11)15(12,13)10-7-9(14-2)4-3-5-9/h8,10-11H,3-7H2,1-2H3. The van der Waals surface area contributed by atoms with Gasteiger partial charge in [-0.15, -0.1) is 0 Å². The fourth-order valence-electron chi connectivity index (χ4n) is 1.50. The molecule has 6 heteroatoms. The molecule has 0 amide bonds. The van der Waals surface area contributed by atoms with E-state index in [0.717, 1.165) is 19.3 Å². The SMILES string of the molecule is COC1(CNS(=O)(=O)C(C)CO)CCC1. The van der Waals surface area contributed by atoms with Crippen molar-refractivity contribution in [2.75, 3.05) is 20.3 Å². The van der Waals surface area contributed by atoms with Crippen LogP contribution in [0.15, 0.2) is 0 Å². The van der Waals surface area contributed by atoms with Gasteiger partial charge < -0.3 is 9.84 Å². The van der Waals surface area contributed by atoms with Crippen LogP contribution in [-0.4, -0.2) is 44.6 Å². The van der Waals surface area contributed by atoms with E-state index < -0.39 is 15.3 Å². The minimum Gasteiger partial charge on any atom is -0.395 e. The molecule has 5 nitrogen and oxygen atoms in total. The van der Waals surface area contributed by atoms with Crippen LogP contribution in [0.1, 0.15) is 26.2 Å². The summed E-state index contributed by atoms with van der Waals surface area (Å²) in [4.78, 5) is 0. The molecule has 1 unspecified atom stereocenters. The van der Waals surface area contributed by atoms with E-state index in [9.17, 15) is 8.42 Å². The highest BCUT2D eigenvalue weighted by Crippen LogP contribution is 2.34. The molecule has 1 aliphatic carbocycles. The molecule has 0 heterocycles. The number of nitrogens with one attached hydrogen (secondary N) is 1. The van der Waals surface area contributed by atoms with Gasteiger partial charge in [0.05, 0.1) is 17.5 Å². The molecule has 0 aromatic heterocycles. The molecule has 0 saturated heterocycles. The maximum absolute atomic E-state index is 11.5. The zero-order valence-corrected chi connectivity index (χ0v) is 10.0. The second-order valence-electron chi connectivity index (χ2n) is 4.10. The summed E-state index contributed by atoms with van der Waals surface area (Å²) in [6, 6.07) is 0. The molecule has 0 aromatic carbocycles. The van der Waals surface area contributed by atoms with Gasteiger partial charge in [0, 0.05) is 13.7 Å². The van der Waals surface area contributed by atoms with Crippen LogP contribution in [0.5, 0.6) is 0 Å². The van der Waals surface area contributed by atoms with Crippen LogP contribution in [0, 0.1) is 0 Å². The zero-order valence-electron chi connectivity index (χ0n) is 9.19. The van der Waals surface area contributed by atoms with Crippen molar-refractivity contribution < 1.29 is 18.3 Å². The summed E-state index contributed by atoms with van der Waals surface area (Å²) in [6.07, 6.45) is 2.85. The number of hydrogen-bond donors (Lipinski definition) is 2. The Labute approximate surface area is 90.9 Å². The first-order valence-electron chi connectivity index (χ1n) is 5.10. The van der Waals surface area contributed by atoms with Gasteiger partial charge in [-0.3, -0.25) is 0 Å². The third-order valence-corrected chi connectivity index (χ3v) is 4.84. The Hall–Kier alpha value is -0.170. The van der Waals surface area contributed by atoms with E-state index in [1.807, 2.05) is 0 Å². The van der Waals surface area contributed by atoms with Crippen LogP contribution >= 0.6 is 0 Å². The van der Waals surface area contributed by atoms with Gasteiger partial charge in [-0.05, 0) is 26.2 Å². The van der Waals surface area contributed by atoms with Crippen LogP contribution in [0.25, 0.3) is 0 Å². The number of aliphatic hydroxyl groups excluding tert-OH is 1. The van der Waals surface area contributed by atoms with Crippen molar-refractivity contribution in [2.45, 2.75) is 37.0 Å². The second-order valence-corrected chi connectivity index (χ2v) is 6.28. The van der Waals surface area contributed by atoms with E-state index in [1.165, 1.54) is 6.92 Å². The summed E-state index contributed by atoms with van der Waals surface area (Å²) in [5.74, 6) is 0. The summed E-state index contributed by atoms with van der Waals surface area (Å²) in [6.45, 7) is 1.41. The normalized spacial score (nSPS) is 22.1. The van der Waals surface area contributed by atoms with E-state index in [1.54, 1.807) is 7.11 Å². The summed E-state index contributed by atoms with van der Waals surface area (Å²) < 4.78 is 30.9. The molecule has 0 aromatic rings. The van der Waals surface area contributed by atoms with Crippen molar-refractivity contribution in [3.63, 3.8) is 0 Å². The number of sulfonamides is 1. The zero-order chi connectivity index (χ0) is 11.5. The van der Waals surface area contributed by atoms with Crippen LogP contribution in [0.2, 0.25) is 0 Å². The largest absolute Gasteiger partial charge is 0.395 e. The number of rotatable bonds is 6. The van der Waals surface area contributed by atoms with E-state index in [2.05, 4.69) is 4.72 Å². The highest BCUT2D eigenvalue weighted by molar-refractivity contribution is 7.90. The lowest BCUT2D eigenvalue weighted by Crippen LogP contribution is -2.50. The van der Waals surface area contributed by atoms with Crippen molar-refractivity contribution >= 4 is 10.0 Å². The predicted molar refractivity (Wildman–Crippen MR) is 57.1 cm³/mol. The topological polar surface area (TPSA) is 75.6 Å². The van der Waals surface area contributed by atoms with Gasteiger partial charge in [0.2, 0.25) is 10.0 Å². The van der Waals surface area contributed by atoms with Gasteiger partial charge >= 0.3 is 0 Å². The van der Waals surface area contributed by atoms with Gasteiger partial charge in [0.15, 0.2) is 0 Å². The molecule has 90 valence electrons. The second kappa shape index (κ2) is 4.78. The van der Waals surface area contributed by atoms with E-state index in [4.69, 9.17) is 9.84 Å². The van der Waals surface area contributed by atoms with Gasteiger partial charge in [-0.25, -0.2) is 13.1 Å². The number of aliphatic hydroxyl groups is 1. The minimum atomic E-state index is -3.41. The Morgan fingerprint density at radius 2 is 2.13 bits per heavy atom. The molecular formula is C9H19NO4S. The maximum Gasteiger partial charge on any atom is 0.216 e.